The van der Waals surface area contributed by atoms with Gasteiger partial charge in [-0.25, -0.2) is 9.19 Å². The fourth-order valence-electron chi connectivity index (χ4n) is 2.37. The lowest BCUT2D eigenvalue weighted by molar-refractivity contribution is 0.101. The fourth-order valence-corrected chi connectivity index (χ4v) is 2.86. The van der Waals surface area contributed by atoms with Gasteiger partial charge in [0.25, 0.3) is 11.5 Å². The van der Waals surface area contributed by atoms with Crippen LogP contribution in [0.3, 0.4) is 0 Å². The molecule has 25 heavy (non-hydrogen) atoms. The highest BCUT2D eigenvalue weighted by molar-refractivity contribution is 6.37. The van der Waals surface area contributed by atoms with Gasteiger partial charge in [0.1, 0.15) is 5.52 Å². The van der Waals surface area contributed by atoms with Gasteiger partial charge in [-0.1, -0.05) is 23.2 Å². The standard InChI is InChI=1S/C15H8Cl2N6O2/c16-8-1-2-9(10(17)7-8)14(24)21-22-6-4-11-13(15(22)25)20-19-12-3-5-18-23(11)12/h1-7H,(H,21,24). The van der Waals surface area contributed by atoms with Crippen molar-refractivity contribution >= 4 is 45.8 Å². The second kappa shape index (κ2) is 5.83. The van der Waals surface area contributed by atoms with Gasteiger partial charge in [-0.15, -0.1) is 10.2 Å². The Morgan fingerprint density at radius 1 is 1.12 bits per heavy atom. The number of amides is 1. The number of pyridine rings is 1. The molecule has 0 aliphatic carbocycles. The maximum atomic E-state index is 12.6. The molecule has 0 aliphatic rings. The third-order valence-electron chi connectivity index (χ3n) is 3.55. The molecule has 0 saturated carbocycles. The third-order valence-corrected chi connectivity index (χ3v) is 4.09. The number of carbonyl (C=O) groups excluding carboxylic acids is 1. The van der Waals surface area contributed by atoms with Crippen LogP contribution in [0, 0.1) is 0 Å². The van der Waals surface area contributed by atoms with E-state index in [1.165, 1.54) is 28.9 Å². The fraction of sp³-hybridized carbons (Fsp3) is 0. The molecule has 0 bridgehead atoms. The van der Waals surface area contributed by atoms with Crippen molar-refractivity contribution in [3.63, 3.8) is 0 Å². The summed E-state index contributed by atoms with van der Waals surface area (Å²) in [5.74, 6) is -0.559. The van der Waals surface area contributed by atoms with Crippen molar-refractivity contribution in [2.24, 2.45) is 0 Å². The first kappa shape index (κ1) is 15.6. The molecule has 0 aliphatic heterocycles. The van der Waals surface area contributed by atoms with Crippen LogP contribution in [-0.2, 0) is 0 Å². The van der Waals surface area contributed by atoms with Crippen LogP contribution >= 0.6 is 23.2 Å². The molecule has 3 heterocycles. The lowest BCUT2D eigenvalue weighted by Crippen LogP contribution is -2.33. The summed E-state index contributed by atoms with van der Waals surface area (Å²) in [7, 11) is 0. The van der Waals surface area contributed by atoms with Gasteiger partial charge >= 0.3 is 0 Å². The summed E-state index contributed by atoms with van der Waals surface area (Å²) in [6.07, 6.45) is 2.97. The van der Waals surface area contributed by atoms with Crippen molar-refractivity contribution in [2.75, 3.05) is 5.43 Å². The minimum absolute atomic E-state index is 0.0706. The van der Waals surface area contributed by atoms with E-state index in [9.17, 15) is 9.59 Å². The SMILES string of the molecule is O=C(Nn1ccc2c(nnc3ccnn32)c1=O)c1ccc(Cl)cc1Cl. The van der Waals surface area contributed by atoms with Gasteiger partial charge in [-0.3, -0.25) is 15.0 Å². The first-order valence-corrected chi connectivity index (χ1v) is 7.78. The average Bonchev–Trinajstić information content (AvgIpc) is 3.06. The zero-order chi connectivity index (χ0) is 17.6. The van der Waals surface area contributed by atoms with E-state index in [4.69, 9.17) is 23.2 Å². The number of benzene rings is 1. The number of rotatable bonds is 2. The molecule has 4 rings (SSSR count). The van der Waals surface area contributed by atoms with Crippen molar-refractivity contribution in [2.45, 2.75) is 0 Å². The van der Waals surface area contributed by atoms with Crippen LogP contribution in [0.4, 0.5) is 0 Å². The van der Waals surface area contributed by atoms with Crippen LogP contribution in [-0.4, -0.2) is 30.4 Å². The largest absolute Gasteiger partial charge is 0.299 e. The van der Waals surface area contributed by atoms with Crippen molar-refractivity contribution in [3.8, 4) is 0 Å². The van der Waals surface area contributed by atoms with Gasteiger partial charge < -0.3 is 0 Å². The van der Waals surface area contributed by atoms with Crippen LogP contribution < -0.4 is 11.0 Å². The monoisotopic (exact) mass is 374 g/mol. The van der Waals surface area contributed by atoms with Crippen molar-refractivity contribution < 1.29 is 4.79 Å². The topological polar surface area (TPSA) is 94.2 Å². The molecule has 1 N–H and O–H groups in total. The lowest BCUT2D eigenvalue weighted by Gasteiger charge is -2.10. The number of nitrogens with one attached hydrogen (secondary N) is 1. The second-order valence-electron chi connectivity index (χ2n) is 5.09. The van der Waals surface area contributed by atoms with Gasteiger partial charge in [-0.2, -0.15) is 5.10 Å². The number of hydrogen-bond donors (Lipinski definition) is 1. The highest BCUT2D eigenvalue weighted by Gasteiger charge is 2.14. The highest BCUT2D eigenvalue weighted by Crippen LogP contribution is 2.21. The minimum Gasteiger partial charge on any atom is -0.267 e. The van der Waals surface area contributed by atoms with Crippen molar-refractivity contribution in [1.29, 1.82) is 0 Å². The molecule has 0 unspecified atom stereocenters. The van der Waals surface area contributed by atoms with Crippen LogP contribution in [0.2, 0.25) is 10.0 Å². The molecule has 8 nitrogen and oxygen atoms in total. The molecule has 0 radical (unpaired) electrons. The van der Waals surface area contributed by atoms with E-state index in [1.807, 2.05) is 0 Å². The van der Waals surface area contributed by atoms with Gasteiger partial charge in [0.05, 0.1) is 16.8 Å². The molecular weight excluding hydrogens is 367 g/mol. The Hall–Kier alpha value is -2.97. The molecule has 3 aromatic heterocycles. The summed E-state index contributed by atoms with van der Waals surface area (Å²) >= 11 is 11.8. The summed E-state index contributed by atoms with van der Waals surface area (Å²) in [6.45, 7) is 0. The quantitative estimate of drug-likeness (QED) is 0.579. The molecule has 0 fully saturated rings. The number of aromatic nitrogens is 5. The van der Waals surface area contributed by atoms with Gasteiger partial charge in [0.2, 0.25) is 0 Å². The molecule has 0 atom stereocenters. The predicted octanol–water partition coefficient (Wildman–Crippen LogP) is 2.13. The molecule has 1 amide bonds. The summed E-state index contributed by atoms with van der Waals surface area (Å²) in [5, 5.41) is 12.5. The van der Waals surface area contributed by atoms with Crippen LogP contribution in [0.1, 0.15) is 10.4 Å². The average molecular weight is 375 g/mol. The first-order chi connectivity index (χ1) is 12.0. The number of halogens is 2. The van der Waals surface area contributed by atoms with Crippen LogP contribution in [0.5, 0.6) is 0 Å². The second-order valence-corrected chi connectivity index (χ2v) is 5.93. The van der Waals surface area contributed by atoms with Gasteiger partial charge in [0, 0.05) is 17.3 Å². The van der Waals surface area contributed by atoms with Crippen LogP contribution in [0.25, 0.3) is 16.7 Å². The molecule has 1 aromatic carbocycles. The normalized spacial score (nSPS) is 11.1. The van der Waals surface area contributed by atoms with E-state index < -0.39 is 11.5 Å². The third kappa shape index (κ3) is 2.61. The van der Waals surface area contributed by atoms with E-state index >= 15 is 0 Å². The summed E-state index contributed by atoms with van der Waals surface area (Å²) in [4.78, 5) is 24.9. The Morgan fingerprint density at radius 3 is 2.76 bits per heavy atom. The Labute approximate surface area is 149 Å². The molecule has 0 spiro atoms. The molecular formula is C15H8Cl2N6O2. The number of nitrogens with zero attached hydrogens (tertiary/aromatic N) is 5. The lowest BCUT2D eigenvalue weighted by atomic mass is 10.2. The van der Waals surface area contributed by atoms with E-state index in [0.717, 1.165) is 4.68 Å². The number of fused-ring (bicyclic) bond motifs is 3. The molecule has 4 aromatic rings. The van der Waals surface area contributed by atoms with Crippen molar-refractivity contribution in [3.05, 3.63) is 68.7 Å². The maximum absolute atomic E-state index is 12.6. The van der Waals surface area contributed by atoms with E-state index in [-0.39, 0.29) is 16.1 Å². The smallest absolute Gasteiger partial charge is 0.267 e. The van der Waals surface area contributed by atoms with Gasteiger partial charge in [-0.05, 0) is 24.3 Å². The Bertz CT molecular complexity index is 1200. The molecule has 124 valence electrons. The van der Waals surface area contributed by atoms with Crippen molar-refractivity contribution in [1.82, 2.24) is 24.5 Å². The molecule has 0 saturated heterocycles. The van der Waals surface area contributed by atoms with Crippen LogP contribution in [0.15, 0.2) is 47.5 Å². The number of hydrogen-bond acceptors (Lipinski definition) is 5. The highest BCUT2D eigenvalue weighted by atomic mass is 35.5. The zero-order valence-corrected chi connectivity index (χ0v) is 13.9. The molecule has 10 heteroatoms. The first-order valence-electron chi connectivity index (χ1n) is 7.03. The zero-order valence-electron chi connectivity index (χ0n) is 12.3. The maximum Gasteiger partial charge on any atom is 0.299 e. The Kier molecular flexibility index (Phi) is 3.63. The minimum atomic E-state index is -0.559. The number of carbonyl (C=O) groups is 1. The Morgan fingerprint density at radius 2 is 1.96 bits per heavy atom. The van der Waals surface area contributed by atoms with E-state index in [0.29, 0.717) is 16.2 Å². The summed E-state index contributed by atoms with van der Waals surface area (Å²) in [5.41, 5.74) is 3.17. The summed E-state index contributed by atoms with van der Waals surface area (Å²) < 4.78 is 2.51. The van der Waals surface area contributed by atoms with E-state index in [1.54, 1.807) is 18.3 Å². The summed E-state index contributed by atoms with van der Waals surface area (Å²) in [6, 6.07) is 7.73. The Balaban J connectivity index is 1.77. The predicted molar refractivity (Wildman–Crippen MR) is 92.7 cm³/mol. The van der Waals surface area contributed by atoms with Gasteiger partial charge in [0.15, 0.2) is 11.2 Å². The van der Waals surface area contributed by atoms with E-state index in [2.05, 4.69) is 20.7 Å².